The Hall–Kier alpha value is -7.04. The number of nitrogens with one attached hydrogen (secondary N) is 2. The zero-order valence-corrected chi connectivity index (χ0v) is 42.3. The van der Waals surface area contributed by atoms with Crippen LogP contribution in [0.15, 0.2) is 140 Å². The van der Waals surface area contributed by atoms with Gasteiger partial charge in [-0.25, -0.2) is 22.3 Å². The van der Waals surface area contributed by atoms with Crippen molar-refractivity contribution in [2.75, 3.05) is 12.8 Å². The summed E-state index contributed by atoms with van der Waals surface area (Å²) in [4.78, 5) is 69.2. The third-order valence-corrected chi connectivity index (χ3v) is 14.7. The van der Waals surface area contributed by atoms with E-state index in [1.807, 2.05) is 115 Å². The number of hydrogen-bond donors (Lipinski definition) is 3. The number of unbranched alkanes of at least 4 members (excludes halogenated alkanes) is 1. The molecule has 0 aliphatic heterocycles. The molecule has 2 aliphatic rings. The van der Waals surface area contributed by atoms with Crippen LogP contribution in [0.2, 0.25) is 0 Å². The van der Waals surface area contributed by atoms with Crippen LogP contribution in [0, 0.1) is 11.3 Å². The number of carbonyl (C=O) groups is 5. The molecule has 5 atom stereocenters. The van der Waals surface area contributed by atoms with Gasteiger partial charge in [0, 0.05) is 19.4 Å². The molecule has 2 aliphatic carbocycles. The molecule has 4 N–H and O–H groups in total. The summed E-state index contributed by atoms with van der Waals surface area (Å²) >= 11 is 0. The lowest BCUT2D eigenvalue weighted by Crippen LogP contribution is -2.51. The summed E-state index contributed by atoms with van der Waals surface area (Å²) in [5.74, 6) is -2.67. The summed E-state index contributed by atoms with van der Waals surface area (Å²) in [6, 6.07) is 39.2. The van der Waals surface area contributed by atoms with Crippen LogP contribution in [-0.2, 0) is 76.1 Å². The fraction of sp³-hybridized carbons (Fsp3) is 0.386. The molecular formula is C57H66N4O11S. The minimum atomic E-state index is -4.27. The first kappa shape index (κ1) is 53.8. The van der Waals surface area contributed by atoms with E-state index < -0.39 is 69.5 Å². The van der Waals surface area contributed by atoms with E-state index in [1.165, 1.54) is 0 Å². The normalized spacial score (nSPS) is 17.0. The molecule has 0 saturated heterocycles. The van der Waals surface area contributed by atoms with E-state index in [9.17, 15) is 32.4 Å². The largest absolute Gasteiger partial charge is 0.489 e. The minimum absolute atomic E-state index is 0.0138. The average Bonchev–Trinajstić information content (AvgIpc) is 4.02. The second-order valence-corrected chi connectivity index (χ2v) is 21.0. The van der Waals surface area contributed by atoms with Crippen LogP contribution in [-0.4, -0.2) is 73.6 Å². The van der Waals surface area contributed by atoms with Gasteiger partial charge in [0.1, 0.15) is 43.8 Å². The number of hydrogen-bond acceptors (Lipinski definition) is 12. The van der Waals surface area contributed by atoms with Crippen molar-refractivity contribution in [3.63, 3.8) is 0 Å². The molecule has 386 valence electrons. The first-order valence-corrected chi connectivity index (χ1v) is 26.8. The lowest BCUT2D eigenvalue weighted by Gasteiger charge is -2.34. The van der Waals surface area contributed by atoms with Gasteiger partial charge in [-0.3, -0.25) is 14.4 Å². The summed E-state index contributed by atoms with van der Waals surface area (Å²) in [6.07, 6.45) is 2.97. The van der Waals surface area contributed by atoms with Crippen LogP contribution in [0.1, 0.15) is 97.7 Å². The van der Waals surface area contributed by atoms with E-state index in [4.69, 9.17) is 24.7 Å². The van der Waals surface area contributed by atoms with Crippen LogP contribution in [0.4, 0.5) is 4.79 Å². The highest BCUT2D eigenvalue weighted by molar-refractivity contribution is 7.88. The lowest BCUT2D eigenvalue weighted by atomic mass is 9.77. The Labute approximate surface area is 428 Å². The van der Waals surface area contributed by atoms with Gasteiger partial charge in [0.05, 0.1) is 23.6 Å². The molecule has 0 aromatic heterocycles. The van der Waals surface area contributed by atoms with Gasteiger partial charge in [-0.15, -0.1) is 0 Å². The molecule has 5 aromatic rings. The molecule has 3 amide bonds. The summed E-state index contributed by atoms with van der Waals surface area (Å²) in [5.41, 5.74) is 10.0. The topological polar surface area (TPSA) is 210 Å². The molecule has 0 bridgehead atoms. The number of nitrogens with zero attached hydrogens (tertiary/aromatic N) is 1. The first-order valence-electron chi connectivity index (χ1n) is 25.0. The van der Waals surface area contributed by atoms with Crippen molar-refractivity contribution in [1.82, 2.24) is 14.9 Å². The number of rotatable bonds is 24. The molecule has 0 spiro atoms. The van der Waals surface area contributed by atoms with Gasteiger partial charge in [-0.1, -0.05) is 147 Å². The third-order valence-electron chi connectivity index (χ3n) is 13.5. The summed E-state index contributed by atoms with van der Waals surface area (Å²) in [7, 11) is -4.27. The molecule has 16 heteroatoms. The first-order chi connectivity index (χ1) is 35.2. The monoisotopic (exact) mass is 1010 g/mol. The maximum Gasteiger partial charge on any atom is 0.407 e. The SMILES string of the molecule is C[C@@H](CC1(C(=O)NC(Cc2ccc(OCc3ccccc3)cc2)C(=O)OCc2ccccc2)CCCC1)C(=O)O[C@H]1Cc2ccccc2C1N(C(=O)[C@@H](N)CCCCNC(=O)OCc1ccccc1)S(C)(=O)=O. The van der Waals surface area contributed by atoms with Crippen LogP contribution in [0.25, 0.3) is 0 Å². The van der Waals surface area contributed by atoms with Gasteiger partial charge in [0.15, 0.2) is 0 Å². The van der Waals surface area contributed by atoms with Gasteiger partial charge in [-0.2, -0.15) is 0 Å². The maximum atomic E-state index is 14.6. The average molecular weight is 1020 g/mol. The zero-order valence-electron chi connectivity index (χ0n) is 41.5. The second-order valence-electron chi connectivity index (χ2n) is 19.1. The quantitative estimate of drug-likeness (QED) is 0.0305. The Bertz CT molecular complexity index is 2740. The van der Waals surface area contributed by atoms with Crippen molar-refractivity contribution in [1.29, 1.82) is 0 Å². The van der Waals surface area contributed by atoms with Gasteiger partial charge in [0.25, 0.3) is 5.91 Å². The summed E-state index contributed by atoms with van der Waals surface area (Å²) in [5, 5.41) is 5.71. The van der Waals surface area contributed by atoms with E-state index in [2.05, 4.69) is 10.6 Å². The fourth-order valence-corrected chi connectivity index (χ4v) is 10.8. The van der Waals surface area contributed by atoms with E-state index >= 15 is 0 Å². The molecule has 0 radical (unpaired) electrons. The van der Waals surface area contributed by atoms with E-state index in [0.717, 1.165) is 45.7 Å². The minimum Gasteiger partial charge on any atom is -0.489 e. The Morgan fingerprint density at radius 3 is 1.90 bits per heavy atom. The molecule has 7 rings (SSSR count). The number of amides is 3. The zero-order chi connectivity index (χ0) is 51.8. The third kappa shape index (κ3) is 15.0. The Balaban J connectivity index is 0.996. The van der Waals surface area contributed by atoms with E-state index in [0.29, 0.717) is 49.2 Å². The van der Waals surface area contributed by atoms with Crippen molar-refractivity contribution < 1.29 is 51.3 Å². The standard InChI is InChI=1S/C57H66N4O11S/c1-40(36-57(31-15-16-32-57)55(65)60-49(54(64)70-38-43-20-8-4-9-21-43)34-41-27-29-46(30-28-41)69-37-42-18-6-3-7-19-42)53(63)72-50-35-45-24-12-13-25-47(45)51(50)61(73(2,67)68)52(62)48(58)26-14-17-33-59-56(66)71-39-44-22-10-5-11-23-44/h3-13,18-25,27-30,40,48-51H,14-17,26,31-39,58H2,1-2H3,(H,59,66)(H,60,65)/t40-,48-,49?,50-,51?/m0/s1. The smallest absolute Gasteiger partial charge is 0.407 e. The lowest BCUT2D eigenvalue weighted by molar-refractivity contribution is -0.159. The Morgan fingerprint density at radius 2 is 1.29 bits per heavy atom. The van der Waals surface area contributed by atoms with E-state index in [1.54, 1.807) is 31.2 Å². The maximum absolute atomic E-state index is 14.6. The van der Waals surface area contributed by atoms with Crippen LogP contribution >= 0.6 is 0 Å². The van der Waals surface area contributed by atoms with Crippen molar-refractivity contribution in [2.24, 2.45) is 17.1 Å². The summed E-state index contributed by atoms with van der Waals surface area (Å²) in [6.45, 7) is 2.44. The Morgan fingerprint density at radius 1 is 0.712 bits per heavy atom. The van der Waals surface area contributed by atoms with Crippen molar-refractivity contribution in [3.8, 4) is 5.75 Å². The number of fused-ring (bicyclic) bond motifs is 1. The molecule has 1 saturated carbocycles. The van der Waals surface area contributed by atoms with E-state index in [-0.39, 0.29) is 51.3 Å². The van der Waals surface area contributed by atoms with Crippen molar-refractivity contribution in [2.45, 2.75) is 115 Å². The highest BCUT2D eigenvalue weighted by Crippen LogP contribution is 2.45. The number of esters is 2. The van der Waals surface area contributed by atoms with Crippen molar-refractivity contribution >= 4 is 39.9 Å². The number of sulfonamides is 1. The second kappa shape index (κ2) is 25.6. The van der Waals surface area contributed by atoms with Gasteiger partial charge in [0.2, 0.25) is 15.9 Å². The fourth-order valence-electron chi connectivity index (χ4n) is 9.71. The predicted octanol–water partition coefficient (Wildman–Crippen LogP) is 8.04. The van der Waals surface area contributed by atoms with Crippen molar-refractivity contribution in [3.05, 3.63) is 173 Å². The molecule has 73 heavy (non-hydrogen) atoms. The van der Waals surface area contributed by atoms with Gasteiger partial charge >= 0.3 is 18.0 Å². The molecular weight excluding hydrogens is 949 g/mol. The number of alkyl carbamates (subject to hydrolysis) is 1. The summed E-state index contributed by atoms with van der Waals surface area (Å²) < 4.78 is 51.2. The highest BCUT2D eigenvalue weighted by Gasteiger charge is 2.48. The number of nitrogens with two attached hydrogens (primary N) is 1. The van der Waals surface area contributed by atoms with Crippen LogP contribution in [0.3, 0.4) is 0 Å². The molecule has 15 nitrogen and oxygen atoms in total. The Kier molecular flexibility index (Phi) is 18.8. The number of benzene rings is 5. The van der Waals surface area contributed by atoms with Crippen LogP contribution in [0.5, 0.6) is 5.75 Å². The predicted molar refractivity (Wildman–Crippen MR) is 275 cm³/mol. The van der Waals surface area contributed by atoms with Crippen LogP contribution < -0.4 is 21.1 Å². The highest BCUT2D eigenvalue weighted by atomic mass is 32.2. The molecule has 0 heterocycles. The molecule has 2 unspecified atom stereocenters. The number of ether oxygens (including phenoxy) is 4. The van der Waals surface area contributed by atoms with Gasteiger partial charge in [-0.05, 0) is 84.0 Å². The molecule has 5 aromatic carbocycles. The number of carbonyl (C=O) groups excluding carboxylic acids is 5. The molecule has 1 fully saturated rings. The van der Waals surface area contributed by atoms with Gasteiger partial charge < -0.3 is 35.3 Å².